The van der Waals surface area contributed by atoms with E-state index >= 15 is 0 Å². The van der Waals surface area contributed by atoms with Gasteiger partial charge in [-0.15, -0.1) is 0 Å². The van der Waals surface area contributed by atoms with Crippen LogP contribution in [0, 0.1) is 5.82 Å². The van der Waals surface area contributed by atoms with E-state index in [2.05, 4.69) is 5.32 Å². The minimum Gasteiger partial charge on any atom is -0.449 e. The number of rotatable bonds is 4. The lowest BCUT2D eigenvalue weighted by Gasteiger charge is -2.15. The number of amides is 3. The Morgan fingerprint density at radius 1 is 1.23 bits per heavy atom. The second-order valence-electron chi connectivity index (χ2n) is 4.90. The average Bonchev–Trinajstić information content (AvgIpc) is 2.36. The first-order chi connectivity index (χ1) is 10.2. The number of nitrogens with two attached hydrogens (primary N) is 1. The van der Waals surface area contributed by atoms with Gasteiger partial charge in [0.25, 0.3) is 5.91 Å². The number of hydrogen-bond donors (Lipinski definition) is 3. The number of carbonyl (C=O) groups is 3. The molecule has 7 nitrogen and oxygen atoms in total. The highest BCUT2D eigenvalue weighted by molar-refractivity contribution is 6.00. The molecule has 0 unspecified atom stereocenters. The fourth-order valence-corrected chi connectivity index (χ4v) is 1.51. The Kier molecular flexibility index (Phi) is 5.85. The van der Waals surface area contributed by atoms with E-state index in [0.717, 1.165) is 18.2 Å². The van der Waals surface area contributed by atoms with Crippen molar-refractivity contribution < 1.29 is 23.5 Å². The SMILES string of the molecule is CC(C)NC(=O)NC(=O)[C@H](C)OC(=O)c1ccc(F)cc1N. The van der Waals surface area contributed by atoms with Gasteiger partial charge in [-0.05, 0) is 39.0 Å². The summed E-state index contributed by atoms with van der Waals surface area (Å²) in [5.74, 6) is -2.26. The number of urea groups is 1. The summed E-state index contributed by atoms with van der Waals surface area (Å²) >= 11 is 0. The van der Waals surface area contributed by atoms with E-state index in [1.165, 1.54) is 6.92 Å². The quantitative estimate of drug-likeness (QED) is 0.571. The van der Waals surface area contributed by atoms with E-state index in [4.69, 9.17) is 10.5 Å². The number of imide groups is 1. The number of hydrogen-bond acceptors (Lipinski definition) is 5. The molecule has 0 aliphatic carbocycles. The summed E-state index contributed by atoms with van der Waals surface area (Å²) < 4.78 is 17.8. The van der Waals surface area contributed by atoms with Crippen LogP contribution in [0.25, 0.3) is 0 Å². The van der Waals surface area contributed by atoms with Crippen LogP contribution >= 0.6 is 0 Å². The lowest BCUT2D eigenvalue weighted by atomic mass is 10.2. The Morgan fingerprint density at radius 2 is 1.86 bits per heavy atom. The van der Waals surface area contributed by atoms with E-state index in [0.29, 0.717) is 0 Å². The van der Waals surface area contributed by atoms with Crippen molar-refractivity contribution in [1.29, 1.82) is 0 Å². The van der Waals surface area contributed by atoms with Crippen molar-refractivity contribution in [3.05, 3.63) is 29.6 Å². The molecule has 1 rings (SSSR count). The van der Waals surface area contributed by atoms with E-state index in [9.17, 15) is 18.8 Å². The van der Waals surface area contributed by atoms with Gasteiger partial charge in [0.05, 0.1) is 5.56 Å². The van der Waals surface area contributed by atoms with E-state index in [1.54, 1.807) is 13.8 Å². The van der Waals surface area contributed by atoms with E-state index < -0.39 is 29.8 Å². The summed E-state index contributed by atoms with van der Waals surface area (Å²) in [7, 11) is 0. The summed E-state index contributed by atoms with van der Waals surface area (Å²) in [5.41, 5.74) is 5.34. The fourth-order valence-electron chi connectivity index (χ4n) is 1.51. The summed E-state index contributed by atoms with van der Waals surface area (Å²) in [5, 5.41) is 4.49. The molecule has 120 valence electrons. The van der Waals surface area contributed by atoms with Gasteiger partial charge < -0.3 is 15.8 Å². The molecule has 0 aromatic heterocycles. The average molecular weight is 311 g/mol. The highest BCUT2D eigenvalue weighted by atomic mass is 19.1. The first-order valence-corrected chi connectivity index (χ1v) is 6.58. The molecular formula is C14H18FN3O4. The third-order valence-electron chi connectivity index (χ3n) is 2.54. The number of ether oxygens (including phenoxy) is 1. The normalized spacial score (nSPS) is 11.7. The number of esters is 1. The molecule has 3 amide bonds. The Hall–Kier alpha value is -2.64. The Labute approximate surface area is 127 Å². The summed E-state index contributed by atoms with van der Waals surface area (Å²) in [6.45, 7) is 4.76. The lowest BCUT2D eigenvalue weighted by molar-refractivity contribution is -0.127. The number of nitrogen functional groups attached to an aromatic ring is 1. The van der Waals surface area contributed by atoms with Gasteiger partial charge in [0.1, 0.15) is 5.82 Å². The predicted octanol–water partition coefficient (Wildman–Crippen LogP) is 1.19. The van der Waals surface area contributed by atoms with Crippen molar-refractivity contribution >= 4 is 23.6 Å². The Morgan fingerprint density at radius 3 is 2.41 bits per heavy atom. The van der Waals surface area contributed by atoms with Crippen molar-refractivity contribution in [3.63, 3.8) is 0 Å². The van der Waals surface area contributed by atoms with Crippen LogP contribution in [0.2, 0.25) is 0 Å². The molecule has 22 heavy (non-hydrogen) atoms. The molecule has 0 fully saturated rings. The smallest absolute Gasteiger partial charge is 0.341 e. The number of benzene rings is 1. The van der Waals surface area contributed by atoms with Crippen LogP contribution in [0.4, 0.5) is 14.9 Å². The van der Waals surface area contributed by atoms with Crippen molar-refractivity contribution in [3.8, 4) is 0 Å². The van der Waals surface area contributed by atoms with Crippen molar-refractivity contribution in [2.75, 3.05) is 5.73 Å². The van der Waals surface area contributed by atoms with Crippen molar-refractivity contribution in [1.82, 2.24) is 10.6 Å². The molecule has 0 radical (unpaired) electrons. The molecule has 0 saturated heterocycles. The van der Waals surface area contributed by atoms with Crippen LogP contribution in [0.5, 0.6) is 0 Å². The molecule has 0 heterocycles. The molecule has 0 aliphatic heterocycles. The molecule has 1 aromatic carbocycles. The second kappa shape index (κ2) is 7.39. The zero-order chi connectivity index (χ0) is 16.9. The van der Waals surface area contributed by atoms with Gasteiger partial charge in [0, 0.05) is 11.7 Å². The maximum absolute atomic E-state index is 12.9. The van der Waals surface area contributed by atoms with Crippen molar-refractivity contribution in [2.45, 2.75) is 32.9 Å². The zero-order valence-electron chi connectivity index (χ0n) is 12.5. The molecule has 0 aliphatic rings. The van der Waals surface area contributed by atoms with Gasteiger partial charge in [-0.2, -0.15) is 0 Å². The van der Waals surface area contributed by atoms with Crippen LogP contribution in [0.3, 0.4) is 0 Å². The lowest BCUT2D eigenvalue weighted by Crippen LogP contribution is -2.46. The maximum Gasteiger partial charge on any atom is 0.341 e. The molecule has 0 bridgehead atoms. The number of halogens is 1. The fraction of sp³-hybridized carbons (Fsp3) is 0.357. The molecule has 1 aromatic rings. The summed E-state index contributed by atoms with van der Waals surface area (Å²) in [6.07, 6.45) is -1.21. The monoisotopic (exact) mass is 311 g/mol. The van der Waals surface area contributed by atoms with Crippen molar-refractivity contribution in [2.24, 2.45) is 0 Å². The van der Waals surface area contributed by atoms with Crippen LogP contribution in [-0.4, -0.2) is 30.1 Å². The molecule has 1 atom stereocenters. The third kappa shape index (κ3) is 5.04. The predicted molar refractivity (Wildman–Crippen MR) is 77.5 cm³/mol. The second-order valence-corrected chi connectivity index (χ2v) is 4.90. The van der Waals surface area contributed by atoms with Gasteiger partial charge in [0.15, 0.2) is 6.10 Å². The first kappa shape index (κ1) is 17.4. The molecule has 4 N–H and O–H groups in total. The highest BCUT2D eigenvalue weighted by Crippen LogP contribution is 2.15. The first-order valence-electron chi connectivity index (χ1n) is 6.58. The van der Waals surface area contributed by atoms with Crippen LogP contribution in [-0.2, 0) is 9.53 Å². The summed E-state index contributed by atoms with van der Waals surface area (Å²) in [4.78, 5) is 34.9. The van der Waals surface area contributed by atoms with Gasteiger partial charge in [0.2, 0.25) is 0 Å². The largest absolute Gasteiger partial charge is 0.449 e. The maximum atomic E-state index is 12.9. The molecular weight excluding hydrogens is 293 g/mol. The van der Waals surface area contributed by atoms with Gasteiger partial charge in [-0.3, -0.25) is 10.1 Å². The number of carbonyl (C=O) groups excluding carboxylic acids is 3. The summed E-state index contributed by atoms with van der Waals surface area (Å²) in [6, 6.07) is 2.34. The Balaban J connectivity index is 2.63. The molecule has 0 spiro atoms. The van der Waals surface area contributed by atoms with Crippen LogP contribution in [0.1, 0.15) is 31.1 Å². The number of nitrogens with one attached hydrogen (secondary N) is 2. The standard InChI is InChI=1S/C14H18FN3O4/c1-7(2)17-14(21)18-12(19)8(3)22-13(20)10-5-4-9(15)6-11(10)16/h4-8H,16H2,1-3H3,(H2,17,18,19,21)/t8-/m0/s1. The van der Waals surface area contributed by atoms with E-state index in [1.807, 2.05) is 5.32 Å². The Bertz CT molecular complexity index is 589. The van der Waals surface area contributed by atoms with Gasteiger partial charge >= 0.3 is 12.0 Å². The van der Waals surface area contributed by atoms with E-state index in [-0.39, 0.29) is 17.3 Å². The minimum atomic E-state index is -1.21. The number of anilines is 1. The zero-order valence-corrected chi connectivity index (χ0v) is 12.5. The van der Waals surface area contributed by atoms with Gasteiger partial charge in [-0.25, -0.2) is 14.0 Å². The highest BCUT2D eigenvalue weighted by Gasteiger charge is 2.22. The third-order valence-corrected chi connectivity index (χ3v) is 2.54. The topological polar surface area (TPSA) is 111 Å². The van der Waals surface area contributed by atoms with Gasteiger partial charge in [-0.1, -0.05) is 0 Å². The molecule has 8 heteroatoms. The molecule has 0 saturated carbocycles. The van der Waals surface area contributed by atoms with Crippen LogP contribution in [0.15, 0.2) is 18.2 Å². The van der Waals surface area contributed by atoms with Crippen LogP contribution < -0.4 is 16.4 Å². The minimum absolute atomic E-state index is 0.0623.